The summed E-state index contributed by atoms with van der Waals surface area (Å²) in [5.41, 5.74) is 0. The number of hydrogen-bond acceptors (Lipinski definition) is 5. The van der Waals surface area contributed by atoms with Gasteiger partial charge in [0.05, 0.1) is 7.11 Å². The van der Waals surface area contributed by atoms with Crippen molar-refractivity contribution in [3.8, 4) is 0 Å². The second-order valence-electron chi connectivity index (χ2n) is 3.66. The van der Waals surface area contributed by atoms with Crippen LogP contribution in [-0.4, -0.2) is 41.3 Å². The normalized spacial score (nSPS) is 20.5. The van der Waals surface area contributed by atoms with Gasteiger partial charge in [0.15, 0.2) is 0 Å². The molecule has 0 radical (unpaired) electrons. The molecule has 2 N–H and O–H groups in total. The number of carbonyl (C=O) groups is 1. The van der Waals surface area contributed by atoms with E-state index in [4.69, 9.17) is 0 Å². The molecule has 15 heavy (non-hydrogen) atoms. The number of nitrogens with zero attached hydrogens (tertiary/aromatic N) is 2. The van der Waals surface area contributed by atoms with Crippen molar-refractivity contribution >= 4 is 5.97 Å². The summed E-state index contributed by atoms with van der Waals surface area (Å²) in [6.45, 7) is 2.07. The molecule has 1 aliphatic heterocycles. The molecule has 0 aliphatic carbocycles. The Kier molecular flexibility index (Phi) is 2.96. The lowest BCUT2D eigenvalue weighted by Crippen LogP contribution is -2.11. The minimum Gasteiger partial charge on any atom is -0.463 e. The molecule has 2 rings (SSSR count). The summed E-state index contributed by atoms with van der Waals surface area (Å²) in [6.07, 6.45) is 1.98. The summed E-state index contributed by atoms with van der Waals surface area (Å²) >= 11 is 0. The van der Waals surface area contributed by atoms with Crippen LogP contribution in [0.3, 0.4) is 0 Å². The van der Waals surface area contributed by atoms with Gasteiger partial charge in [-0.1, -0.05) is 0 Å². The van der Waals surface area contributed by atoms with Crippen molar-refractivity contribution in [2.75, 3.05) is 20.2 Å². The highest BCUT2D eigenvalue weighted by Crippen LogP contribution is 2.12. The molecule has 6 nitrogen and oxygen atoms in total. The van der Waals surface area contributed by atoms with E-state index in [1.165, 1.54) is 7.11 Å². The van der Waals surface area contributed by atoms with Crippen molar-refractivity contribution in [1.82, 2.24) is 20.5 Å². The zero-order valence-corrected chi connectivity index (χ0v) is 8.62. The molecule has 1 atom stereocenters. The second kappa shape index (κ2) is 4.39. The van der Waals surface area contributed by atoms with Crippen LogP contribution in [0.2, 0.25) is 0 Å². The molecule has 0 bridgehead atoms. The number of hydrogen-bond donors (Lipinski definition) is 2. The Morgan fingerprint density at radius 2 is 2.53 bits per heavy atom. The van der Waals surface area contributed by atoms with Crippen LogP contribution in [0.5, 0.6) is 0 Å². The first-order valence-electron chi connectivity index (χ1n) is 5.00. The standard InChI is InChI=1S/C9H14N4O2/c1-15-9(14)8-11-7(12-13-8)4-6-2-3-10-5-6/h6,10H,2-5H2,1H3,(H,11,12,13). The van der Waals surface area contributed by atoms with Crippen LogP contribution >= 0.6 is 0 Å². The van der Waals surface area contributed by atoms with E-state index in [0.717, 1.165) is 31.8 Å². The molecule has 0 saturated carbocycles. The maximum Gasteiger partial charge on any atom is 0.377 e. The van der Waals surface area contributed by atoms with Gasteiger partial charge in [-0.25, -0.2) is 9.78 Å². The molecule has 1 fully saturated rings. The highest BCUT2D eigenvalue weighted by atomic mass is 16.5. The third-order valence-corrected chi connectivity index (χ3v) is 2.54. The molecule has 6 heteroatoms. The molecule has 1 aromatic heterocycles. The minimum absolute atomic E-state index is 0.110. The fourth-order valence-electron chi connectivity index (χ4n) is 1.73. The maximum absolute atomic E-state index is 11.1. The number of ether oxygens (including phenoxy) is 1. The van der Waals surface area contributed by atoms with Gasteiger partial charge in [0.25, 0.3) is 5.82 Å². The zero-order valence-electron chi connectivity index (χ0n) is 8.62. The lowest BCUT2D eigenvalue weighted by atomic mass is 10.1. The Bertz CT molecular complexity index is 344. The fourth-order valence-corrected chi connectivity index (χ4v) is 1.73. The molecule has 0 aromatic carbocycles. The fraction of sp³-hybridized carbons (Fsp3) is 0.667. The van der Waals surface area contributed by atoms with Crippen molar-refractivity contribution in [3.05, 3.63) is 11.6 Å². The van der Waals surface area contributed by atoms with E-state index in [2.05, 4.69) is 25.2 Å². The Balaban J connectivity index is 1.97. The van der Waals surface area contributed by atoms with Crippen LogP contribution in [0.1, 0.15) is 22.9 Å². The van der Waals surface area contributed by atoms with E-state index >= 15 is 0 Å². The van der Waals surface area contributed by atoms with Crippen molar-refractivity contribution in [2.24, 2.45) is 5.92 Å². The number of aromatic amines is 1. The number of rotatable bonds is 3. The Morgan fingerprint density at radius 1 is 1.67 bits per heavy atom. The van der Waals surface area contributed by atoms with Gasteiger partial charge in [-0.2, -0.15) is 0 Å². The van der Waals surface area contributed by atoms with Gasteiger partial charge in [0.2, 0.25) is 0 Å². The molecular weight excluding hydrogens is 196 g/mol. The summed E-state index contributed by atoms with van der Waals surface area (Å²) in [7, 11) is 1.32. The Hall–Kier alpha value is -1.43. The van der Waals surface area contributed by atoms with Gasteiger partial charge in [0, 0.05) is 6.42 Å². The molecule has 1 saturated heterocycles. The first kappa shape index (κ1) is 10.1. The average Bonchev–Trinajstić information content (AvgIpc) is 2.88. The topological polar surface area (TPSA) is 79.9 Å². The monoisotopic (exact) mass is 210 g/mol. The van der Waals surface area contributed by atoms with E-state index in [-0.39, 0.29) is 5.82 Å². The van der Waals surface area contributed by atoms with E-state index in [0.29, 0.717) is 5.92 Å². The average molecular weight is 210 g/mol. The molecule has 2 heterocycles. The zero-order chi connectivity index (χ0) is 10.7. The summed E-state index contributed by atoms with van der Waals surface area (Å²) in [5, 5.41) is 9.84. The first-order chi connectivity index (χ1) is 7.29. The van der Waals surface area contributed by atoms with Crippen LogP contribution < -0.4 is 5.32 Å². The van der Waals surface area contributed by atoms with Crippen molar-refractivity contribution in [3.63, 3.8) is 0 Å². The smallest absolute Gasteiger partial charge is 0.377 e. The van der Waals surface area contributed by atoms with Gasteiger partial charge in [-0.05, 0) is 25.4 Å². The van der Waals surface area contributed by atoms with Crippen LogP contribution in [0.15, 0.2) is 0 Å². The second-order valence-corrected chi connectivity index (χ2v) is 3.66. The van der Waals surface area contributed by atoms with Crippen LogP contribution in [-0.2, 0) is 11.2 Å². The highest BCUT2D eigenvalue weighted by molar-refractivity contribution is 5.84. The third-order valence-electron chi connectivity index (χ3n) is 2.54. The summed E-state index contributed by atoms with van der Waals surface area (Å²) < 4.78 is 4.52. The summed E-state index contributed by atoms with van der Waals surface area (Å²) in [4.78, 5) is 15.2. The Morgan fingerprint density at radius 3 is 3.20 bits per heavy atom. The lowest BCUT2D eigenvalue weighted by molar-refractivity contribution is 0.0587. The van der Waals surface area contributed by atoms with Crippen molar-refractivity contribution < 1.29 is 9.53 Å². The number of methoxy groups -OCH3 is 1. The Labute approximate surface area is 87.4 Å². The van der Waals surface area contributed by atoms with Crippen LogP contribution in [0, 0.1) is 5.92 Å². The van der Waals surface area contributed by atoms with Gasteiger partial charge in [-0.15, -0.1) is 5.10 Å². The third kappa shape index (κ3) is 2.33. The predicted octanol–water partition coefficient (Wildman–Crippen LogP) is -0.257. The van der Waals surface area contributed by atoms with Gasteiger partial charge in [-0.3, -0.25) is 5.10 Å². The highest BCUT2D eigenvalue weighted by Gasteiger charge is 2.18. The maximum atomic E-state index is 11.1. The number of esters is 1. The molecule has 1 unspecified atom stereocenters. The van der Waals surface area contributed by atoms with Gasteiger partial charge < -0.3 is 10.1 Å². The first-order valence-corrected chi connectivity index (χ1v) is 5.00. The van der Waals surface area contributed by atoms with Crippen molar-refractivity contribution in [1.29, 1.82) is 0 Å². The molecule has 82 valence electrons. The summed E-state index contributed by atoms with van der Waals surface area (Å²) in [5.74, 6) is 0.952. The predicted molar refractivity (Wildman–Crippen MR) is 52.4 cm³/mol. The number of nitrogens with one attached hydrogen (secondary N) is 2. The SMILES string of the molecule is COC(=O)c1n[nH]c(CC2CCNC2)n1. The molecule has 1 aromatic rings. The summed E-state index contributed by atoms with van der Waals surface area (Å²) in [6, 6.07) is 0. The molecule has 0 amide bonds. The minimum atomic E-state index is -0.498. The van der Waals surface area contributed by atoms with E-state index in [1.54, 1.807) is 0 Å². The van der Waals surface area contributed by atoms with Gasteiger partial charge >= 0.3 is 5.97 Å². The lowest BCUT2D eigenvalue weighted by Gasteiger charge is -2.03. The van der Waals surface area contributed by atoms with Crippen molar-refractivity contribution in [2.45, 2.75) is 12.8 Å². The quantitative estimate of drug-likeness (QED) is 0.672. The number of aromatic nitrogens is 3. The largest absolute Gasteiger partial charge is 0.463 e. The number of H-pyrrole nitrogens is 1. The number of carbonyl (C=O) groups excluding carboxylic acids is 1. The van der Waals surface area contributed by atoms with E-state index in [9.17, 15) is 4.79 Å². The van der Waals surface area contributed by atoms with E-state index < -0.39 is 5.97 Å². The van der Waals surface area contributed by atoms with Gasteiger partial charge in [0.1, 0.15) is 5.82 Å². The molecule has 1 aliphatic rings. The van der Waals surface area contributed by atoms with Crippen LogP contribution in [0.4, 0.5) is 0 Å². The molecule has 0 spiro atoms. The van der Waals surface area contributed by atoms with E-state index in [1.807, 2.05) is 0 Å². The molecular formula is C9H14N4O2. The van der Waals surface area contributed by atoms with Crippen LogP contribution in [0.25, 0.3) is 0 Å².